The average molecular weight is 318 g/mol. The Morgan fingerprint density at radius 3 is 2.43 bits per heavy atom. The Bertz CT molecular complexity index is 676. The van der Waals surface area contributed by atoms with Gasteiger partial charge in [-0.05, 0) is 17.5 Å². The quantitative estimate of drug-likeness (QED) is 0.832. The Kier molecular flexibility index (Phi) is 4.70. The SMILES string of the molecule is COC(=O)C(C(O)c1nnn(-c2ccccc2)c1N)C(C)(C)C. The summed E-state index contributed by atoms with van der Waals surface area (Å²) < 4.78 is 6.24. The van der Waals surface area contributed by atoms with Gasteiger partial charge in [-0.3, -0.25) is 4.79 Å². The molecule has 0 amide bonds. The zero-order valence-corrected chi connectivity index (χ0v) is 13.7. The van der Waals surface area contributed by atoms with Crippen molar-refractivity contribution in [2.45, 2.75) is 26.9 Å². The summed E-state index contributed by atoms with van der Waals surface area (Å²) in [6, 6.07) is 9.21. The number of para-hydroxylation sites is 1. The van der Waals surface area contributed by atoms with E-state index in [1.54, 1.807) is 0 Å². The van der Waals surface area contributed by atoms with Crippen LogP contribution in [0.2, 0.25) is 0 Å². The molecule has 1 heterocycles. The molecule has 0 saturated carbocycles. The number of anilines is 1. The van der Waals surface area contributed by atoms with E-state index < -0.39 is 23.4 Å². The van der Waals surface area contributed by atoms with Crippen molar-refractivity contribution in [3.63, 3.8) is 0 Å². The summed E-state index contributed by atoms with van der Waals surface area (Å²) in [5.41, 5.74) is 6.44. The van der Waals surface area contributed by atoms with E-state index in [9.17, 15) is 9.90 Å². The molecule has 2 unspecified atom stereocenters. The van der Waals surface area contributed by atoms with Crippen LogP contribution in [0.15, 0.2) is 30.3 Å². The fraction of sp³-hybridized carbons (Fsp3) is 0.438. The minimum Gasteiger partial charge on any atom is -0.469 e. The van der Waals surface area contributed by atoms with Crippen molar-refractivity contribution in [1.29, 1.82) is 0 Å². The molecular weight excluding hydrogens is 296 g/mol. The number of carbonyl (C=O) groups excluding carboxylic acids is 1. The largest absolute Gasteiger partial charge is 0.469 e. The van der Waals surface area contributed by atoms with Gasteiger partial charge in [0.15, 0.2) is 5.82 Å². The van der Waals surface area contributed by atoms with E-state index >= 15 is 0 Å². The predicted molar refractivity (Wildman–Crippen MR) is 85.7 cm³/mol. The average Bonchev–Trinajstić information content (AvgIpc) is 2.88. The number of aliphatic hydroxyl groups is 1. The minimum absolute atomic E-state index is 0.166. The minimum atomic E-state index is -1.21. The molecule has 2 atom stereocenters. The van der Waals surface area contributed by atoms with E-state index in [1.807, 2.05) is 51.1 Å². The van der Waals surface area contributed by atoms with Crippen LogP contribution >= 0.6 is 0 Å². The highest BCUT2D eigenvalue weighted by Crippen LogP contribution is 2.38. The van der Waals surface area contributed by atoms with E-state index in [0.717, 1.165) is 5.69 Å². The van der Waals surface area contributed by atoms with Gasteiger partial charge in [0, 0.05) is 0 Å². The zero-order valence-electron chi connectivity index (χ0n) is 13.7. The van der Waals surface area contributed by atoms with Crippen molar-refractivity contribution in [2.75, 3.05) is 12.8 Å². The lowest BCUT2D eigenvalue weighted by Gasteiger charge is -2.31. The van der Waals surface area contributed by atoms with Gasteiger partial charge in [-0.25, -0.2) is 0 Å². The van der Waals surface area contributed by atoms with Crippen LogP contribution in [-0.2, 0) is 9.53 Å². The molecule has 0 spiro atoms. The molecule has 23 heavy (non-hydrogen) atoms. The summed E-state index contributed by atoms with van der Waals surface area (Å²) in [7, 11) is 1.29. The number of nitrogens with zero attached hydrogens (tertiary/aromatic N) is 3. The molecule has 3 N–H and O–H groups in total. The third-order valence-corrected chi connectivity index (χ3v) is 3.72. The molecule has 2 aromatic rings. The molecular formula is C16H22N4O3. The molecule has 1 aromatic heterocycles. The van der Waals surface area contributed by atoms with Gasteiger partial charge < -0.3 is 15.6 Å². The van der Waals surface area contributed by atoms with Crippen LogP contribution < -0.4 is 5.73 Å². The number of nitrogen functional groups attached to an aromatic ring is 1. The summed E-state index contributed by atoms with van der Waals surface area (Å²) in [6.45, 7) is 5.53. The standard InChI is InChI=1S/C16H22N4O3/c1-16(2,3)11(15(22)23-4)13(21)12-14(17)20(19-18-12)10-8-6-5-7-9-10/h5-9,11,13,21H,17H2,1-4H3. The zero-order chi connectivity index (χ0) is 17.2. The number of benzene rings is 1. The number of methoxy groups -OCH3 is 1. The van der Waals surface area contributed by atoms with Gasteiger partial charge in [0.1, 0.15) is 11.8 Å². The van der Waals surface area contributed by atoms with Crippen LogP contribution in [0.25, 0.3) is 5.69 Å². The Hall–Kier alpha value is -2.41. The molecule has 2 rings (SSSR count). The monoisotopic (exact) mass is 318 g/mol. The smallest absolute Gasteiger partial charge is 0.312 e. The van der Waals surface area contributed by atoms with Crippen LogP contribution in [-0.4, -0.2) is 33.2 Å². The van der Waals surface area contributed by atoms with Crippen LogP contribution in [0.3, 0.4) is 0 Å². The number of nitrogens with two attached hydrogens (primary N) is 1. The van der Waals surface area contributed by atoms with E-state index in [2.05, 4.69) is 10.3 Å². The van der Waals surface area contributed by atoms with Crippen molar-refractivity contribution in [3.8, 4) is 5.69 Å². The molecule has 7 heteroatoms. The first-order valence-corrected chi connectivity index (χ1v) is 7.29. The van der Waals surface area contributed by atoms with Crippen molar-refractivity contribution in [3.05, 3.63) is 36.0 Å². The first-order valence-electron chi connectivity index (χ1n) is 7.29. The maximum absolute atomic E-state index is 12.1. The fourth-order valence-electron chi connectivity index (χ4n) is 2.51. The highest BCUT2D eigenvalue weighted by molar-refractivity contribution is 5.74. The topological polar surface area (TPSA) is 103 Å². The summed E-state index contributed by atoms with van der Waals surface area (Å²) in [5.74, 6) is -1.13. The van der Waals surface area contributed by atoms with Crippen LogP contribution in [0.1, 0.15) is 32.6 Å². The molecule has 7 nitrogen and oxygen atoms in total. The van der Waals surface area contributed by atoms with E-state index in [4.69, 9.17) is 10.5 Å². The second kappa shape index (κ2) is 6.37. The number of aliphatic hydroxyl groups excluding tert-OH is 1. The molecule has 0 bridgehead atoms. The summed E-state index contributed by atoms with van der Waals surface area (Å²) in [5, 5.41) is 18.6. The summed E-state index contributed by atoms with van der Waals surface area (Å²) in [6.07, 6.45) is -1.21. The van der Waals surface area contributed by atoms with Gasteiger partial charge in [-0.15, -0.1) is 5.10 Å². The number of ether oxygens (including phenoxy) is 1. The lowest BCUT2D eigenvalue weighted by atomic mass is 9.76. The first kappa shape index (κ1) is 17.0. The van der Waals surface area contributed by atoms with Crippen molar-refractivity contribution >= 4 is 11.8 Å². The van der Waals surface area contributed by atoms with E-state index in [0.29, 0.717) is 0 Å². The second-order valence-corrected chi connectivity index (χ2v) is 6.42. The molecule has 0 aliphatic carbocycles. The third-order valence-electron chi connectivity index (χ3n) is 3.72. The summed E-state index contributed by atoms with van der Waals surface area (Å²) >= 11 is 0. The lowest BCUT2D eigenvalue weighted by molar-refractivity contribution is -0.155. The number of carbonyl (C=O) groups is 1. The lowest BCUT2D eigenvalue weighted by Crippen LogP contribution is -2.35. The fourth-order valence-corrected chi connectivity index (χ4v) is 2.51. The first-order chi connectivity index (χ1) is 10.8. The Labute approximate surface area is 135 Å². The second-order valence-electron chi connectivity index (χ2n) is 6.42. The van der Waals surface area contributed by atoms with Crippen molar-refractivity contribution in [1.82, 2.24) is 15.0 Å². The van der Waals surface area contributed by atoms with Gasteiger partial charge >= 0.3 is 5.97 Å². The summed E-state index contributed by atoms with van der Waals surface area (Å²) in [4.78, 5) is 12.1. The van der Waals surface area contributed by atoms with Gasteiger partial charge in [-0.2, -0.15) is 4.68 Å². The Balaban J connectivity index is 2.42. The van der Waals surface area contributed by atoms with Crippen molar-refractivity contribution < 1.29 is 14.6 Å². The number of rotatable bonds is 4. The molecule has 124 valence electrons. The molecule has 0 fully saturated rings. The number of hydrogen-bond donors (Lipinski definition) is 2. The van der Waals surface area contributed by atoms with Crippen LogP contribution in [0, 0.1) is 11.3 Å². The van der Waals surface area contributed by atoms with E-state index in [1.165, 1.54) is 11.8 Å². The van der Waals surface area contributed by atoms with E-state index in [-0.39, 0.29) is 11.5 Å². The molecule has 0 aliphatic rings. The van der Waals surface area contributed by atoms with Gasteiger partial charge in [0.2, 0.25) is 0 Å². The van der Waals surface area contributed by atoms with Gasteiger partial charge in [-0.1, -0.05) is 44.2 Å². The maximum atomic E-state index is 12.1. The number of esters is 1. The van der Waals surface area contributed by atoms with Crippen LogP contribution in [0.5, 0.6) is 0 Å². The normalized spacial score (nSPS) is 14.3. The van der Waals surface area contributed by atoms with Gasteiger partial charge in [0.25, 0.3) is 0 Å². The molecule has 0 aliphatic heterocycles. The predicted octanol–water partition coefficient (Wildman–Crippen LogP) is 1.72. The Morgan fingerprint density at radius 1 is 1.30 bits per heavy atom. The molecule has 0 radical (unpaired) electrons. The maximum Gasteiger partial charge on any atom is 0.312 e. The highest BCUT2D eigenvalue weighted by atomic mass is 16.5. The Morgan fingerprint density at radius 2 is 1.91 bits per heavy atom. The van der Waals surface area contributed by atoms with Crippen LogP contribution in [0.4, 0.5) is 5.82 Å². The molecule has 0 saturated heterocycles. The number of aromatic nitrogens is 3. The van der Waals surface area contributed by atoms with Crippen molar-refractivity contribution in [2.24, 2.45) is 11.3 Å². The highest BCUT2D eigenvalue weighted by Gasteiger charge is 2.41. The third kappa shape index (κ3) is 3.34. The molecule has 1 aromatic carbocycles. The number of hydrogen-bond acceptors (Lipinski definition) is 6. The van der Waals surface area contributed by atoms with Gasteiger partial charge in [0.05, 0.1) is 18.7 Å².